The van der Waals surface area contributed by atoms with Gasteiger partial charge >= 0.3 is 0 Å². The molecule has 1 aromatic heterocycles. The maximum atomic E-state index is 12.3. The van der Waals surface area contributed by atoms with Crippen LogP contribution in [0.15, 0.2) is 59.1 Å². The average Bonchev–Trinajstić information content (AvgIpc) is 3.32. The van der Waals surface area contributed by atoms with Crippen LogP contribution in [0.3, 0.4) is 0 Å². The molecule has 7 nitrogen and oxygen atoms in total. The van der Waals surface area contributed by atoms with Crippen molar-refractivity contribution < 1.29 is 18.8 Å². The largest absolute Gasteiger partial charge is 0.486 e. The number of aromatic nitrogens is 1. The third-order valence-electron chi connectivity index (χ3n) is 5.87. The Morgan fingerprint density at radius 1 is 1.00 bits per heavy atom. The van der Waals surface area contributed by atoms with Gasteiger partial charge in [-0.05, 0) is 62.1 Å². The van der Waals surface area contributed by atoms with Crippen molar-refractivity contribution in [3.05, 3.63) is 77.2 Å². The number of aryl methyl sites for hydroxylation is 1. The van der Waals surface area contributed by atoms with Crippen molar-refractivity contribution in [1.82, 2.24) is 10.5 Å². The molecule has 2 N–H and O–H groups in total. The minimum atomic E-state index is -0.218. The van der Waals surface area contributed by atoms with Gasteiger partial charge in [-0.3, -0.25) is 9.59 Å². The maximum Gasteiger partial charge on any atom is 0.273 e. The predicted molar refractivity (Wildman–Crippen MR) is 125 cm³/mol. The van der Waals surface area contributed by atoms with Crippen molar-refractivity contribution in [3.8, 4) is 5.75 Å². The Labute approximate surface area is 193 Å². The Morgan fingerprint density at radius 3 is 2.45 bits per heavy atom. The zero-order chi connectivity index (χ0) is 23.0. The number of nitrogens with zero attached hydrogens (tertiary/aromatic N) is 1. The van der Waals surface area contributed by atoms with Crippen molar-refractivity contribution in [2.75, 3.05) is 11.9 Å². The Morgan fingerprint density at radius 2 is 1.73 bits per heavy atom. The highest BCUT2D eigenvalue weighted by Crippen LogP contribution is 2.23. The van der Waals surface area contributed by atoms with Crippen molar-refractivity contribution in [1.29, 1.82) is 0 Å². The molecule has 0 atom stereocenters. The Balaban J connectivity index is 1.24. The number of hydrogen-bond acceptors (Lipinski definition) is 5. The number of carbonyl (C=O) groups excluding carboxylic acids is 2. The number of benzene rings is 2. The van der Waals surface area contributed by atoms with Crippen molar-refractivity contribution in [3.63, 3.8) is 0 Å². The van der Waals surface area contributed by atoms with E-state index in [1.807, 2.05) is 19.1 Å². The molecular weight excluding hydrogens is 418 g/mol. The van der Waals surface area contributed by atoms with E-state index in [0.717, 1.165) is 5.56 Å². The molecule has 0 unspecified atom stereocenters. The average molecular weight is 448 g/mol. The van der Waals surface area contributed by atoms with Gasteiger partial charge in [-0.25, -0.2) is 0 Å². The Bertz CT molecular complexity index is 1070. The van der Waals surface area contributed by atoms with Crippen LogP contribution in [0.4, 0.5) is 5.69 Å². The first-order chi connectivity index (χ1) is 16.1. The topological polar surface area (TPSA) is 93.5 Å². The van der Waals surface area contributed by atoms with E-state index in [0.29, 0.717) is 35.2 Å². The van der Waals surface area contributed by atoms with Crippen LogP contribution < -0.4 is 15.4 Å². The Hall–Kier alpha value is -3.61. The third kappa shape index (κ3) is 6.44. The van der Waals surface area contributed by atoms with Crippen LogP contribution in [0.2, 0.25) is 0 Å². The van der Waals surface area contributed by atoms with Crippen LogP contribution >= 0.6 is 0 Å². The van der Waals surface area contributed by atoms with Gasteiger partial charge in [-0.2, -0.15) is 0 Å². The van der Waals surface area contributed by atoms with Crippen molar-refractivity contribution >= 4 is 17.5 Å². The minimum Gasteiger partial charge on any atom is -0.486 e. The van der Waals surface area contributed by atoms with Crippen LogP contribution in [0.5, 0.6) is 5.75 Å². The van der Waals surface area contributed by atoms with E-state index in [-0.39, 0.29) is 24.1 Å². The number of carbonyl (C=O) groups is 2. The van der Waals surface area contributed by atoms with Crippen molar-refractivity contribution in [2.24, 2.45) is 5.92 Å². The lowest BCUT2D eigenvalue weighted by Crippen LogP contribution is -2.30. The van der Waals surface area contributed by atoms with Crippen LogP contribution in [0, 0.1) is 12.8 Å². The highest BCUT2D eigenvalue weighted by atomic mass is 16.5. The lowest BCUT2D eigenvalue weighted by Gasteiger charge is -2.21. The van der Waals surface area contributed by atoms with Gasteiger partial charge in [0.15, 0.2) is 11.5 Å². The number of rotatable bonds is 8. The molecule has 0 bridgehead atoms. The second kappa shape index (κ2) is 10.8. The quantitative estimate of drug-likeness (QED) is 0.500. The van der Waals surface area contributed by atoms with Gasteiger partial charge in [0.1, 0.15) is 12.4 Å². The molecule has 0 aliphatic heterocycles. The lowest BCUT2D eigenvalue weighted by molar-refractivity contribution is 0.0933. The van der Waals surface area contributed by atoms with Gasteiger partial charge in [0.05, 0.1) is 0 Å². The summed E-state index contributed by atoms with van der Waals surface area (Å²) in [4.78, 5) is 24.6. The lowest BCUT2D eigenvalue weighted by atomic mass is 9.89. The Kier molecular flexibility index (Phi) is 7.40. The standard InChI is InChI=1S/C26H29N3O4/c1-18-7-9-20(10-8-18)25(30)28-21-11-13-22(14-12-21)32-17-23-15-24(29-33-23)26(31)27-16-19-5-3-2-4-6-19/h7-15,19H,2-6,16-17H2,1H3,(H,27,31)(H,28,30). The molecule has 1 fully saturated rings. The van der Waals surface area contributed by atoms with E-state index in [9.17, 15) is 9.59 Å². The summed E-state index contributed by atoms with van der Waals surface area (Å²) in [7, 11) is 0. The van der Waals surface area contributed by atoms with Crippen LogP contribution in [-0.2, 0) is 6.61 Å². The van der Waals surface area contributed by atoms with Gasteiger partial charge in [0.2, 0.25) is 0 Å². The number of anilines is 1. The number of amides is 2. The van der Waals surface area contributed by atoms with Gasteiger partial charge in [-0.15, -0.1) is 0 Å². The summed E-state index contributed by atoms with van der Waals surface area (Å²) in [6, 6.07) is 16.1. The molecule has 0 spiro atoms. The predicted octanol–water partition coefficient (Wildman–Crippen LogP) is 5.12. The molecule has 7 heteroatoms. The van der Waals surface area contributed by atoms with Gasteiger partial charge in [0, 0.05) is 23.9 Å². The van der Waals surface area contributed by atoms with Crippen LogP contribution in [-0.4, -0.2) is 23.5 Å². The molecule has 2 aromatic carbocycles. The van der Waals surface area contributed by atoms with E-state index in [1.54, 1.807) is 42.5 Å². The molecule has 4 rings (SSSR count). The third-order valence-corrected chi connectivity index (χ3v) is 5.87. The zero-order valence-corrected chi connectivity index (χ0v) is 18.8. The van der Waals surface area contributed by atoms with Crippen LogP contribution in [0.1, 0.15) is 64.3 Å². The van der Waals surface area contributed by atoms with Crippen LogP contribution in [0.25, 0.3) is 0 Å². The van der Waals surface area contributed by atoms with Gasteiger partial charge < -0.3 is 19.9 Å². The molecule has 3 aromatic rings. The fraction of sp³-hybridized carbons (Fsp3) is 0.346. The summed E-state index contributed by atoms with van der Waals surface area (Å²) in [6.45, 7) is 2.81. The molecule has 1 aliphatic rings. The monoisotopic (exact) mass is 447 g/mol. The highest BCUT2D eigenvalue weighted by molar-refractivity contribution is 6.04. The highest BCUT2D eigenvalue weighted by Gasteiger charge is 2.17. The molecule has 0 saturated heterocycles. The fourth-order valence-corrected chi connectivity index (χ4v) is 3.90. The fourth-order valence-electron chi connectivity index (χ4n) is 3.90. The molecule has 2 amide bonds. The van der Waals surface area contributed by atoms with E-state index in [2.05, 4.69) is 15.8 Å². The maximum absolute atomic E-state index is 12.3. The van der Waals surface area contributed by atoms with Crippen molar-refractivity contribution in [2.45, 2.75) is 45.6 Å². The normalized spacial score (nSPS) is 14.0. The molecular formula is C26H29N3O4. The van der Waals surface area contributed by atoms with E-state index in [1.165, 1.54) is 32.1 Å². The molecule has 1 aliphatic carbocycles. The molecule has 33 heavy (non-hydrogen) atoms. The summed E-state index contributed by atoms with van der Waals surface area (Å²) in [6.07, 6.45) is 6.12. The SMILES string of the molecule is Cc1ccc(C(=O)Nc2ccc(OCc3cc(C(=O)NCC4CCCCC4)no3)cc2)cc1. The molecule has 0 radical (unpaired) electrons. The summed E-state index contributed by atoms with van der Waals surface area (Å²) in [5.74, 6) is 1.25. The first-order valence-corrected chi connectivity index (χ1v) is 11.4. The second-order valence-corrected chi connectivity index (χ2v) is 8.53. The summed E-state index contributed by atoms with van der Waals surface area (Å²) < 4.78 is 11.0. The van der Waals surface area contributed by atoms with E-state index in [4.69, 9.17) is 9.26 Å². The minimum absolute atomic E-state index is 0.151. The molecule has 1 heterocycles. The van der Waals surface area contributed by atoms with Gasteiger partial charge in [0.25, 0.3) is 11.8 Å². The summed E-state index contributed by atoms with van der Waals surface area (Å²) >= 11 is 0. The number of nitrogens with one attached hydrogen (secondary N) is 2. The smallest absolute Gasteiger partial charge is 0.273 e. The summed E-state index contributed by atoms with van der Waals surface area (Å²) in [5, 5.41) is 9.68. The zero-order valence-electron chi connectivity index (χ0n) is 18.8. The molecule has 1 saturated carbocycles. The van der Waals surface area contributed by atoms with E-state index >= 15 is 0 Å². The first kappa shape index (κ1) is 22.6. The first-order valence-electron chi connectivity index (χ1n) is 11.4. The van der Waals surface area contributed by atoms with Gasteiger partial charge in [-0.1, -0.05) is 42.1 Å². The molecule has 172 valence electrons. The van der Waals surface area contributed by atoms with E-state index < -0.39 is 0 Å². The number of hydrogen-bond donors (Lipinski definition) is 2. The summed E-state index contributed by atoms with van der Waals surface area (Å²) in [5.41, 5.74) is 2.64. The second-order valence-electron chi connectivity index (χ2n) is 8.53. The number of ether oxygens (including phenoxy) is 1.